The first-order valence-corrected chi connectivity index (χ1v) is 6.29. The van der Waals surface area contributed by atoms with E-state index in [4.69, 9.17) is 5.73 Å². The van der Waals surface area contributed by atoms with E-state index in [1.165, 1.54) is 12.1 Å². The SMILES string of the molecule is Nc1ccc(C(=O)C2(c3ccccc3)CC2)cc1F. The molecule has 1 aliphatic rings. The standard InChI is InChI=1S/C16H14FNO/c17-13-10-11(6-7-14(13)18)15(19)16(8-9-16)12-4-2-1-3-5-12/h1-7,10H,8-9,18H2. The van der Waals surface area contributed by atoms with Crippen LogP contribution in [0.1, 0.15) is 28.8 Å². The maximum absolute atomic E-state index is 13.5. The molecule has 2 N–H and O–H groups in total. The molecule has 19 heavy (non-hydrogen) atoms. The molecule has 1 fully saturated rings. The van der Waals surface area contributed by atoms with Gasteiger partial charge in [0.05, 0.1) is 11.1 Å². The average Bonchev–Trinajstić information content (AvgIpc) is 3.24. The van der Waals surface area contributed by atoms with Crippen LogP contribution in [-0.4, -0.2) is 5.78 Å². The largest absolute Gasteiger partial charge is 0.396 e. The van der Waals surface area contributed by atoms with Crippen LogP contribution in [0.25, 0.3) is 0 Å². The third-order valence-corrected chi connectivity index (χ3v) is 3.77. The van der Waals surface area contributed by atoms with E-state index in [-0.39, 0.29) is 11.5 Å². The highest BCUT2D eigenvalue weighted by Crippen LogP contribution is 2.50. The Bertz CT molecular complexity index is 632. The zero-order valence-corrected chi connectivity index (χ0v) is 10.4. The molecule has 96 valence electrons. The van der Waals surface area contributed by atoms with E-state index >= 15 is 0 Å². The van der Waals surface area contributed by atoms with Crippen LogP contribution in [0, 0.1) is 5.82 Å². The second-order valence-electron chi connectivity index (χ2n) is 5.01. The van der Waals surface area contributed by atoms with Crippen LogP contribution in [0.5, 0.6) is 0 Å². The second-order valence-corrected chi connectivity index (χ2v) is 5.01. The van der Waals surface area contributed by atoms with Gasteiger partial charge in [-0.05, 0) is 36.6 Å². The van der Waals surface area contributed by atoms with Gasteiger partial charge in [-0.3, -0.25) is 4.79 Å². The number of benzene rings is 2. The molecule has 0 spiro atoms. The van der Waals surface area contributed by atoms with Crippen LogP contribution in [-0.2, 0) is 5.41 Å². The van der Waals surface area contributed by atoms with Gasteiger partial charge in [-0.15, -0.1) is 0 Å². The Hall–Kier alpha value is -2.16. The number of rotatable bonds is 3. The lowest BCUT2D eigenvalue weighted by atomic mass is 9.87. The smallest absolute Gasteiger partial charge is 0.173 e. The van der Waals surface area contributed by atoms with Crippen LogP contribution in [0.2, 0.25) is 0 Å². The maximum atomic E-state index is 13.5. The molecular formula is C16H14FNO. The summed E-state index contributed by atoms with van der Waals surface area (Å²) < 4.78 is 13.5. The monoisotopic (exact) mass is 255 g/mol. The summed E-state index contributed by atoms with van der Waals surface area (Å²) in [7, 11) is 0. The van der Waals surface area contributed by atoms with Gasteiger partial charge in [-0.2, -0.15) is 0 Å². The number of Topliss-reactive ketones (excluding diaryl/α,β-unsaturated/α-hetero) is 1. The van der Waals surface area contributed by atoms with Crippen molar-refractivity contribution in [3.8, 4) is 0 Å². The number of carbonyl (C=O) groups excluding carboxylic acids is 1. The number of ketones is 1. The first-order valence-electron chi connectivity index (χ1n) is 6.29. The Balaban J connectivity index is 1.98. The Labute approximate surface area is 111 Å². The van der Waals surface area contributed by atoms with Gasteiger partial charge in [0.15, 0.2) is 5.78 Å². The highest BCUT2D eigenvalue weighted by atomic mass is 19.1. The third kappa shape index (κ3) is 1.91. The van der Waals surface area contributed by atoms with E-state index in [0.717, 1.165) is 18.4 Å². The Morgan fingerprint density at radius 1 is 1.11 bits per heavy atom. The molecule has 0 bridgehead atoms. The minimum Gasteiger partial charge on any atom is -0.396 e. The molecule has 2 aromatic carbocycles. The van der Waals surface area contributed by atoms with Crippen LogP contribution >= 0.6 is 0 Å². The molecule has 0 heterocycles. The molecule has 2 aromatic rings. The van der Waals surface area contributed by atoms with Gasteiger partial charge in [0.2, 0.25) is 0 Å². The van der Waals surface area contributed by atoms with Gasteiger partial charge in [0.25, 0.3) is 0 Å². The Kier molecular flexibility index (Phi) is 2.63. The van der Waals surface area contributed by atoms with Gasteiger partial charge in [0, 0.05) is 5.56 Å². The van der Waals surface area contributed by atoms with Crippen molar-refractivity contribution < 1.29 is 9.18 Å². The molecule has 0 unspecified atom stereocenters. The zero-order valence-electron chi connectivity index (χ0n) is 10.4. The Morgan fingerprint density at radius 2 is 1.79 bits per heavy atom. The number of hydrogen-bond donors (Lipinski definition) is 1. The molecule has 1 aliphatic carbocycles. The van der Waals surface area contributed by atoms with Gasteiger partial charge in [0.1, 0.15) is 5.82 Å². The van der Waals surface area contributed by atoms with Crippen molar-refractivity contribution in [2.75, 3.05) is 5.73 Å². The molecule has 0 aromatic heterocycles. The fraction of sp³-hybridized carbons (Fsp3) is 0.188. The highest BCUT2D eigenvalue weighted by Gasteiger charge is 2.51. The summed E-state index contributed by atoms with van der Waals surface area (Å²) in [4.78, 5) is 12.6. The Morgan fingerprint density at radius 3 is 2.37 bits per heavy atom. The predicted octanol–water partition coefficient (Wildman–Crippen LogP) is 3.32. The van der Waals surface area contributed by atoms with Gasteiger partial charge < -0.3 is 5.73 Å². The summed E-state index contributed by atoms with van der Waals surface area (Å²) >= 11 is 0. The number of halogens is 1. The molecule has 0 amide bonds. The lowest BCUT2D eigenvalue weighted by Gasteiger charge is -2.14. The molecule has 1 saturated carbocycles. The predicted molar refractivity (Wildman–Crippen MR) is 72.5 cm³/mol. The van der Waals surface area contributed by atoms with Crippen LogP contribution < -0.4 is 5.73 Å². The minimum atomic E-state index is -0.533. The van der Waals surface area contributed by atoms with Gasteiger partial charge in [-0.1, -0.05) is 30.3 Å². The highest BCUT2D eigenvalue weighted by molar-refractivity contribution is 6.06. The van der Waals surface area contributed by atoms with Crippen molar-refractivity contribution in [1.29, 1.82) is 0 Å². The molecule has 3 heteroatoms. The van der Waals surface area contributed by atoms with E-state index in [1.54, 1.807) is 6.07 Å². The number of nitrogens with two attached hydrogens (primary N) is 1. The van der Waals surface area contributed by atoms with Crippen molar-refractivity contribution >= 4 is 11.5 Å². The molecule has 0 atom stereocenters. The molecule has 0 saturated heterocycles. The quantitative estimate of drug-likeness (QED) is 0.675. The molecule has 0 radical (unpaired) electrons. The summed E-state index contributed by atoms with van der Waals surface area (Å²) in [5.74, 6) is -0.549. The van der Waals surface area contributed by atoms with Crippen molar-refractivity contribution in [2.45, 2.75) is 18.3 Å². The third-order valence-electron chi connectivity index (χ3n) is 3.77. The normalized spacial score (nSPS) is 16.1. The molecule has 3 rings (SSSR count). The first-order chi connectivity index (χ1) is 9.13. The van der Waals surface area contributed by atoms with E-state index in [9.17, 15) is 9.18 Å². The summed E-state index contributed by atoms with van der Waals surface area (Å²) in [6.07, 6.45) is 1.64. The topological polar surface area (TPSA) is 43.1 Å². The van der Waals surface area contributed by atoms with Crippen LogP contribution in [0.3, 0.4) is 0 Å². The van der Waals surface area contributed by atoms with E-state index < -0.39 is 11.2 Å². The van der Waals surface area contributed by atoms with Crippen LogP contribution in [0.4, 0.5) is 10.1 Å². The molecular weight excluding hydrogens is 241 g/mol. The molecule has 2 nitrogen and oxygen atoms in total. The van der Waals surface area contributed by atoms with Gasteiger partial charge in [-0.25, -0.2) is 4.39 Å². The van der Waals surface area contributed by atoms with Gasteiger partial charge >= 0.3 is 0 Å². The van der Waals surface area contributed by atoms with Crippen molar-refractivity contribution in [1.82, 2.24) is 0 Å². The van der Waals surface area contributed by atoms with Crippen molar-refractivity contribution in [3.05, 3.63) is 65.5 Å². The van der Waals surface area contributed by atoms with Crippen LogP contribution in [0.15, 0.2) is 48.5 Å². The number of nitrogen functional groups attached to an aromatic ring is 1. The lowest BCUT2D eigenvalue weighted by molar-refractivity contribution is 0.0945. The zero-order chi connectivity index (χ0) is 13.5. The lowest BCUT2D eigenvalue weighted by Crippen LogP contribution is -2.20. The average molecular weight is 255 g/mol. The summed E-state index contributed by atoms with van der Waals surface area (Å²) in [5.41, 5.74) is 6.46. The van der Waals surface area contributed by atoms with E-state index in [0.29, 0.717) is 5.56 Å². The minimum absolute atomic E-state index is 0.0161. The first kappa shape index (κ1) is 11.9. The van der Waals surface area contributed by atoms with Crippen molar-refractivity contribution in [3.63, 3.8) is 0 Å². The fourth-order valence-electron chi connectivity index (χ4n) is 2.47. The maximum Gasteiger partial charge on any atom is 0.173 e. The van der Waals surface area contributed by atoms with Crippen molar-refractivity contribution in [2.24, 2.45) is 0 Å². The number of hydrogen-bond acceptors (Lipinski definition) is 2. The van der Waals surface area contributed by atoms with E-state index in [1.807, 2.05) is 30.3 Å². The molecule has 0 aliphatic heterocycles. The number of anilines is 1. The summed E-state index contributed by atoms with van der Waals surface area (Å²) in [5, 5.41) is 0. The second kappa shape index (κ2) is 4.19. The summed E-state index contributed by atoms with van der Waals surface area (Å²) in [6, 6.07) is 14.0. The summed E-state index contributed by atoms with van der Waals surface area (Å²) in [6.45, 7) is 0. The number of carbonyl (C=O) groups is 1. The fourth-order valence-corrected chi connectivity index (χ4v) is 2.47. The van der Waals surface area contributed by atoms with E-state index in [2.05, 4.69) is 0 Å².